The van der Waals surface area contributed by atoms with Crippen LogP contribution in [-0.4, -0.2) is 55.5 Å². The molecule has 138 valence electrons. The number of rotatable bonds is 4. The van der Waals surface area contributed by atoms with Crippen LogP contribution in [0, 0.1) is 5.92 Å². The molecule has 0 aromatic heterocycles. The molecule has 25 heavy (non-hydrogen) atoms. The summed E-state index contributed by atoms with van der Waals surface area (Å²) in [5.74, 6) is 0.502. The fourth-order valence-corrected chi connectivity index (χ4v) is 3.47. The Morgan fingerprint density at radius 1 is 1.36 bits per heavy atom. The summed E-state index contributed by atoms with van der Waals surface area (Å²) >= 11 is 0. The molecule has 7 heteroatoms. The molecule has 2 heterocycles. The molecule has 3 rings (SSSR count). The number of ether oxygens (including phenoxy) is 1. The number of amides is 2. The van der Waals surface area contributed by atoms with Gasteiger partial charge in [0.2, 0.25) is 11.8 Å². The van der Waals surface area contributed by atoms with Crippen molar-refractivity contribution in [1.29, 1.82) is 0 Å². The second kappa shape index (κ2) is 8.54. The number of para-hydroxylation sites is 2. The first-order valence-electron chi connectivity index (χ1n) is 8.65. The molecule has 2 aliphatic heterocycles. The first-order chi connectivity index (χ1) is 11.6. The van der Waals surface area contributed by atoms with Crippen molar-refractivity contribution in [2.24, 2.45) is 5.92 Å². The Bertz CT molecular complexity index is 625. The minimum absolute atomic E-state index is 0. The largest absolute Gasteiger partial charge is 0.492 e. The van der Waals surface area contributed by atoms with Gasteiger partial charge >= 0.3 is 0 Å². The second-order valence-corrected chi connectivity index (χ2v) is 6.39. The van der Waals surface area contributed by atoms with Crippen molar-refractivity contribution in [3.63, 3.8) is 0 Å². The molecule has 2 atom stereocenters. The average Bonchev–Trinajstić information content (AvgIpc) is 2.97. The summed E-state index contributed by atoms with van der Waals surface area (Å²) in [7, 11) is 0. The fourth-order valence-electron chi connectivity index (χ4n) is 3.47. The smallest absolute Gasteiger partial charge is 0.228 e. The van der Waals surface area contributed by atoms with Crippen LogP contribution >= 0.6 is 12.4 Å². The number of anilines is 1. The predicted octanol–water partition coefficient (Wildman–Crippen LogP) is 1.68. The highest BCUT2D eigenvalue weighted by atomic mass is 35.5. The highest BCUT2D eigenvalue weighted by molar-refractivity contribution is 6.01. The minimum atomic E-state index is -0.271. The number of nitrogens with zero attached hydrogens (tertiary/aromatic N) is 2. The van der Waals surface area contributed by atoms with Gasteiger partial charge in [-0.3, -0.25) is 9.59 Å². The molecule has 2 aliphatic rings. The van der Waals surface area contributed by atoms with E-state index in [1.54, 1.807) is 4.90 Å². The number of hydrogen-bond donors (Lipinski definition) is 1. The van der Waals surface area contributed by atoms with Crippen molar-refractivity contribution in [1.82, 2.24) is 10.2 Å². The molecule has 1 aromatic rings. The van der Waals surface area contributed by atoms with Crippen LogP contribution in [0.4, 0.5) is 5.69 Å². The molecule has 0 aliphatic carbocycles. The first kappa shape index (κ1) is 19.5. The van der Waals surface area contributed by atoms with Crippen molar-refractivity contribution < 1.29 is 14.3 Å². The van der Waals surface area contributed by atoms with Gasteiger partial charge in [0.15, 0.2) is 0 Å². The monoisotopic (exact) mass is 367 g/mol. The van der Waals surface area contributed by atoms with Gasteiger partial charge in [0.25, 0.3) is 0 Å². The van der Waals surface area contributed by atoms with Crippen LogP contribution in [0.2, 0.25) is 0 Å². The lowest BCUT2D eigenvalue weighted by atomic mass is 10.1. The molecule has 2 saturated heterocycles. The maximum atomic E-state index is 12.8. The molecule has 1 N–H and O–H groups in total. The van der Waals surface area contributed by atoms with Gasteiger partial charge in [-0.25, -0.2) is 0 Å². The Kier molecular flexibility index (Phi) is 6.67. The number of nitrogens with one attached hydrogen (secondary N) is 1. The number of carbonyl (C=O) groups is 2. The van der Waals surface area contributed by atoms with E-state index in [9.17, 15) is 9.59 Å². The predicted molar refractivity (Wildman–Crippen MR) is 99.4 cm³/mol. The van der Waals surface area contributed by atoms with Crippen LogP contribution in [-0.2, 0) is 9.59 Å². The van der Waals surface area contributed by atoms with E-state index in [0.29, 0.717) is 25.4 Å². The molecule has 0 bridgehead atoms. The molecular weight excluding hydrogens is 342 g/mol. The standard InChI is InChI=1S/C18H25N3O3.ClH/c1-3-24-16-7-5-4-6-15(16)21-12-14(10-17(21)22)18(23)20-9-8-19-11-13(20)2;/h4-7,13-14,19H,3,8-12H2,1-2H3;1H/t13-,14?;/m1./s1. The van der Waals surface area contributed by atoms with Crippen molar-refractivity contribution >= 4 is 29.9 Å². The molecule has 1 unspecified atom stereocenters. The van der Waals surface area contributed by atoms with Gasteiger partial charge in [0, 0.05) is 38.6 Å². The summed E-state index contributed by atoms with van der Waals surface area (Å²) in [6, 6.07) is 7.69. The molecule has 6 nitrogen and oxygen atoms in total. The summed E-state index contributed by atoms with van der Waals surface area (Å²) < 4.78 is 5.63. The minimum Gasteiger partial charge on any atom is -0.492 e. The summed E-state index contributed by atoms with van der Waals surface area (Å²) in [5.41, 5.74) is 0.757. The highest BCUT2D eigenvalue weighted by Gasteiger charge is 2.39. The van der Waals surface area contributed by atoms with Crippen LogP contribution in [0.1, 0.15) is 20.3 Å². The van der Waals surface area contributed by atoms with Crippen molar-refractivity contribution in [2.45, 2.75) is 26.3 Å². The summed E-state index contributed by atoms with van der Waals surface area (Å²) in [4.78, 5) is 28.9. The van der Waals surface area contributed by atoms with Gasteiger partial charge in [-0.15, -0.1) is 12.4 Å². The van der Waals surface area contributed by atoms with E-state index in [1.807, 2.05) is 43.0 Å². The van der Waals surface area contributed by atoms with E-state index in [2.05, 4.69) is 5.32 Å². The summed E-state index contributed by atoms with van der Waals surface area (Å²) in [6.07, 6.45) is 0.274. The lowest BCUT2D eigenvalue weighted by molar-refractivity contribution is -0.138. The van der Waals surface area contributed by atoms with Crippen molar-refractivity contribution in [2.75, 3.05) is 37.7 Å². The van der Waals surface area contributed by atoms with Crippen LogP contribution in [0.5, 0.6) is 5.75 Å². The van der Waals surface area contributed by atoms with E-state index >= 15 is 0 Å². The molecule has 2 amide bonds. The van der Waals surface area contributed by atoms with E-state index in [4.69, 9.17) is 4.74 Å². The number of benzene rings is 1. The Morgan fingerprint density at radius 2 is 2.12 bits per heavy atom. The number of piperazine rings is 1. The molecule has 1 aromatic carbocycles. The topological polar surface area (TPSA) is 61.9 Å². The molecule has 0 saturated carbocycles. The van der Waals surface area contributed by atoms with E-state index in [1.165, 1.54) is 0 Å². The third-order valence-electron chi connectivity index (χ3n) is 4.71. The summed E-state index contributed by atoms with van der Waals surface area (Å²) in [5, 5.41) is 3.29. The molecule has 0 radical (unpaired) electrons. The van der Waals surface area contributed by atoms with Gasteiger partial charge in [0.1, 0.15) is 5.75 Å². The van der Waals surface area contributed by atoms with E-state index < -0.39 is 0 Å². The number of halogens is 1. The Balaban J connectivity index is 0.00000225. The Morgan fingerprint density at radius 3 is 2.84 bits per heavy atom. The first-order valence-corrected chi connectivity index (χ1v) is 8.65. The molecule has 2 fully saturated rings. The van der Waals surface area contributed by atoms with E-state index in [-0.39, 0.29) is 42.6 Å². The molecule has 0 spiro atoms. The lowest BCUT2D eigenvalue weighted by Gasteiger charge is -2.35. The zero-order chi connectivity index (χ0) is 17.1. The quantitative estimate of drug-likeness (QED) is 0.879. The second-order valence-electron chi connectivity index (χ2n) is 6.39. The van der Waals surface area contributed by atoms with Gasteiger partial charge in [0.05, 0.1) is 18.2 Å². The summed E-state index contributed by atoms with van der Waals surface area (Å²) in [6.45, 7) is 7.26. The van der Waals surface area contributed by atoms with Crippen LogP contribution in [0.15, 0.2) is 24.3 Å². The highest BCUT2D eigenvalue weighted by Crippen LogP contribution is 2.33. The van der Waals surface area contributed by atoms with Crippen molar-refractivity contribution in [3.8, 4) is 5.75 Å². The fraction of sp³-hybridized carbons (Fsp3) is 0.556. The lowest BCUT2D eigenvalue weighted by Crippen LogP contribution is -2.54. The SMILES string of the molecule is CCOc1ccccc1N1CC(C(=O)N2CCNC[C@H]2C)CC1=O.Cl. The number of carbonyl (C=O) groups excluding carboxylic acids is 2. The van der Waals surface area contributed by atoms with E-state index in [0.717, 1.165) is 18.8 Å². The van der Waals surface area contributed by atoms with Gasteiger partial charge < -0.3 is 19.9 Å². The normalized spacial score (nSPS) is 23.4. The Hall–Kier alpha value is -1.79. The van der Waals surface area contributed by atoms with Crippen LogP contribution in [0.3, 0.4) is 0 Å². The van der Waals surface area contributed by atoms with Crippen LogP contribution < -0.4 is 15.0 Å². The van der Waals surface area contributed by atoms with Gasteiger partial charge in [-0.05, 0) is 26.0 Å². The third kappa shape index (κ3) is 4.07. The number of hydrogen-bond acceptors (Lipinski definition) is 4. The van der Waals surface area contributed by atoms with Crippen LogP contribution in [0.25, 0.3) is 0 Å². The van der Waals surface area contributed by atoms with Gasteiger partial charge in [-0.1, -0.05) is 12.1 Å². The molecular formula is C18H26ClN3O3. The third-order valence-corrected chi connectivity index (χ3v) is 4.71. The van der Waals surface area contributed by atoms with Gasteiger partial charge in [-0.2, -0.15) is 0 Å². The zero-order valence-corrected chi connectivity index (χ0v) is 15.6. The van der Waals surface area contributed by atoms with Crippen molar-refractivity contribution in [3.05, 3.63) is 24.3 Å². The maximum absolute atomic E-state index is 12.8. The maximum Gasteiger partial charge on any atom is 0.228 e. The average molecular weight is 368 g/mol. The zero-order valence-electron chi connectivity index (χ0n) is 14.7. The Labute approximate surface area is 154 Å².